The van der Waals surface area contributed by atoms with Crippen molar-refractivity contribution in [2.45, 2.75) is 12.5 Å². The number of hydrogen-bond acceptors (Lipinski definition) is 2. The highest BCUT2D eigenvalue weighted by atomic mass is 19.1. The van der Waals surface area contributed by atoms with E-state index in [2.05, 4.69) is 5.32 Å². The molecule has 1 aromatic carbocycles. The van der Waals surface area contributed by atoms with Crippen molar-refractivity contribution in [3.63, 3.8) is 0 Å². The molecule has 1 heterocycles. The van der Waals surface area contributed by atoms with Crippen LogP contribution in [0.15, 0.2) is 24.3 Å². The zero-order valence-corrected chi connectivity index (χ0v) is 9.60. The number of urea groups is 1. The number of carbonyl (C=O) groups is 2. The van der Waals surface area contributed by atoms with Crippen molar-refractivity contribution in [1.82, 2.24) is 10.2 Å². The molecule has 5 nitrogen and oxygen atoms in total. The Kier molecular flexibility index (Phi) is 3.45. The summed E-state index contributed by atoms with van der Waals surface area (Å²) in [6.07, 6.45) is -0.0798. The molecule has 0 aliphatic carbocycles. The van der Waals surface area contributed by atoms with Crippen LogP contribution in [0.25, 0.3) is 0 Å². The van der Waals surface area contributed by atoms with Gasteiger partial charge in [0.1, 0.15) is 5.82 Å². The minimum atomic E-state index is -0.937. The van der Waals surface area contributed by atoms with Gasteiger partial charge < -0.3 is 15.3 Å². The van der Waals surface area contributed by atoms with Gasteiger partial charge in [0.15, 0.2) is 0 Å². The molecule has 0 bridgehead atoms. The number of halogens is 1. The van der Waals surface area contributed by atoms with Crippen molar-refractivity contribution in [1.29, 1.82) is 0 Å². The number of rotatable bonds is 4. The molecule has 2 N–H and O–H groups in total. The minimum Gasteiger partial charge on any atom is -0.481 e. The van der Waals surface area contributed by atoms with E-state index in [1.165, 1.54) is 17.0 Å². The van der Waals surface area contributed by atoms with E-state index >= 15 is 0 Å². The van der Waals surface area contributed by atoms with E-state index in [0.717, 1.165) is 5.56 Å². The summed E-state index contributed by atoms with van der Waals surface area (Å²) in [5.41, 5.74) is 0.808. The van der Waals surface area contributed by atoms with Gasteiger partial charge in [-0.2, -0.15) is 0 Å². The van der Waals surface area contributed by atoms with E-state index < -0.39 is 5.97 Å². The highest BCUT2D eigenvalue weighted by Crippen LogP contribution is 2.20. The third-order valence-corrected chi connectivity index (χ3v) is 2.86. The fourth-order valence-corrected chi connectivity index (χ4v) is 1.90. The predicted octanol–water partition coefficient (Wildman–Crippen LogP) is 1.37. The largest absolute Gasteiger partial charge is 0.481 e. The summed E-state index contributed by atoms with van der Waals surface area (Å²) in [6.45, 7) is 0.580. The molecular formula is C12H13FN2O3. The van der Waals surface area contributed by atoms with Crippen LogP contribution < -0.4 is 5.32 Å². The molecule has 6 heteroatoms. The molecule has 1 aliphatic rings. The second-order valence-electron chi connectivity index (χ2n) is 4.14. The van der Waals surface area contributed by atoms with Crippen molar-refractivity contribution in [3.8, 4) is 0 Å². The number of nitrogens with zero attached hydrogens (tertiary/aromatic N) is 1. The number of hydrogen-bond donors (Lipinski definition) is 2. The zero-order valence-electron chi connectivity index (χ0n) is 9.60. The monoisotopic (exact) mass is 252 g/mol. The van der Waals surface area contributed by atoms with E-state index in [9.17, 15) is 14.0 Å². The van der Waals surface area contributed by atoms with Gasteiger partial charge >= 0.3 is 12.0 Å². The molecule has 0 saturated carbocycles. The smallest absolute Gasteiger partial charge is 0.318 e. The Labute approximate surface area is 103 Å². The summed E-state index contributed by atoms with van der Waals surface area (Å²) >= 11 is 0. The van der Waals surface area contributed by atoms with Crippen molar-refractivity contribution in [2.75, 3.05) is 13.1 Å². The molecule has 1 atom stereocenters. The molecule has 96 valence electrons. The first-order chi connectivity index (χ1) is 8.56. The molecule has 2 rings (SSSR count). The van der Waals surface area contributed by atoms with Crippen molar-refractivity contribution < 1.29 is 19.1 Å². The molecule has 2 amide bonds. The third kappa shape index (κ3) is 2.77. The number of aliphatic carboxylic acids is 1. The standard InChI is InChI=1S/C12H13FN2O3/c13-9-3-1-8(2-4-9)10-7-15(12(18)14-10)6-5-11(16)17/h1-4,10H,5-7H2,(H,14,18)(H,16,17). The van der Waals surface area contributed by atoms with E-state index in [0.29, 0.717) is 6.54 Å². The summed E-state index contributed by atoms with van der Waals surface area (Å²) in [6, 6.07) is 5.39. The van der Waals surface area contributed by atoms with Crippen LogP contribution in [0.4, 0.5) is 9.18 Å². The number of nitrogens with one attached hydrogen (secondary N) is 1. The third-order valence-electron chi connectivity index (χ3n) is 2.86. The summed E-state index contributed by atoms with van der Waals surface area (Å²) in [5, 5.41) is 11.3. The molecule has 1 unspecified atom stereocenters. The van der Waals surface area contributed by atoms with Crippen molar-refractivity contribution >= 4 is 12.0 Å². The topological polar surface area (TPSA) is 69.6 Å². The summed E-state index contributed by atoms with van der Waals surface area (Å²) in [7, 11) is 0. The molecule has 1 aliphatic heterocycles. The average Bonchev–Trinajstić information content (AvgIpc) is 2.69. The molecule has 1 fully saturated rings. The van der Waals surface area contributed by atoms with Crippen LogP contribution in [-0.2, 0) is 4.79 Å². The van der Waals surface area contributed by atoms with Gasteiger partial charge in [0.05, 0.1) is 12.5 Å². The quantitative estimate of drug-likeness (QED) is 0.850. The van der Waals surface area contributed by atoms with Gasteiger partial charge in [0, 0.05) is 13.1 Å². The predicted molar refractivity (Wildman–Crippen MR) is 61.5 cm³/mol. The Morgan fingerprint density at radius 2 is 2.11 bits per heavy atom. The molecule has 0 radical (unpaired) electrons. The van der Waals surface area contributed by atoms with E-state index in [4.69, 9.17) is 5.11 Å². The van der Waals surface area contributed by atoms with Gasteiger partial charge in [-0.3, -0.25) is 4.79 Å². The Hall–Kier alpha value is -2.11. The highest BCUT2D eigenvalue weighted by Gasteiger charge is 2.29. The normalized spacial score (nSPS) is 18.8. The Morgan fingerprint density at radius 1 is 1.44 bits per heavy atom. The molecular weight excluding hydrogens is 239 g/mol. The van der Waals surface area contributed by atoms with E-state index in [1.807, 2.05) is 0 Å². The lowest BCUT2D eigenvalue weighted by molar-refractivity contribution is -0.137. The summed E-state index contributed by atoms with van der Waals surface area (Å²) < 4.78 is 12.8. The van der Waals surface area contributed by atoms with Crippen LogP contribution in [0.3, 0.4) is 0 Å². The first-order valence-electron chi connectivity index (χ1n) is 5.59. The van der Waals surface area contributed by atoms with Crippen molar-refractivity contribution in [2.24, 2.45) is 0 Å². The maximum atomic E-state index is 12.8. The van der Waals surface area contributed by atoms with Crippen LogP contribution >= 0.6 is 0 Å². The summed E-state index contributed by atoms with van der Waals surface area (Å²) in [5.74, 6) is -1.26. The Bertz CT molecular complexity index is 461. The highest BCUT2D eigenvalue weighted by molar-refractivity contribution is 5.78. The maximum Gasteiger partial charge on any atom is 0.318 e. The first kappa shape index (κ1) is 12.3. The Morgan fingerprint density at radius 3 is 2.72 bits per heavy atom. The Balaban J connectivity index is 1.99. The van der Waals surface area contributed by atoms with E-state index in [-0.39, 0.29) is 30.9 Å². The summed E-state index contributed by atoms with van der Waals surface area (Å²) in [4.78, 5) is 23.5. The van der Waals surface area contributed by atoms with Gasteiger partial charge in [0.2, 0.25) is 0 Å². The second-order valence-corrected chi connectivity index (χ2v) is 4.14. The minimum absolute atomic E-state index is 0.0798. The lowest BCUT2D eigenvalue weighted by Crippen LogP contribution is -2.30. The molecule has 18 heavy (non-hydrogen) atoms. The van der Waals surface area contributed by atoms with Gasteiger partial charge in [-0.05, 0) is 17.7 Å². The number of carbonyl (C=O) groups excluding carboxylic acids is 1. The van der Waals surface area contributed by atoms with Crippen LogP contribution in [0.2, 0.25) is 0 Å². The number of carboxylic acid groups (broad SMARTS) is 1. The van der Waals surface area contributed by atoms with Gasteiger partial charge in [-0.25, -0.2) is 9.18 Å². The molecule has 1 aromatic rings. The number of benzene rings is 1. The molecule has 0 spiro atoms. The van der Waals surface area contributed by atoms with E-state index in [1.54, 1.807) is 12.1 Å². The lowest BCUT2D eigenvalue weighted by Gasteiger charge is -2.13. The van der Waals surface area contributed by atoms with Crippen LogP contribution in [0.5, 0.6) is 0 Å². The van der Waals surface area contributed by atoms with Gasteiger partial charge in [-0.1, -0.05) is 12.1 Å². The van der Waals surface area contributed by atoms with Gasteiger partial charge in [0.25, 0.3) is 0 Å². The molecule has 1 saturated heterocycles. The van der Waals surface area contributed by atoms with Crippen molar-refractivity contribution in [3.05, 3.63) is 35.6 Å². The van der Waals surface area contributed by atoms with Crippen LogP contribution in [0.1, 0.15) is 18.0 Å². The van der Waals surface area contributed by atoms with Crippen LogP contribution in [0, 0.1) is 5.82 Å². The first-order valence-corrected chi connectivity index (χ1v) is 5.59. The lowest BCUT2D eigenvalue weighted by atomic mass is 10.1. The fourth-order valence-electron chi connectivity index (χ4n) is 1.90. The fraction of sp³-hybridized carbons (Fsp3) is 0.333. The van der Waals surface area contributed by atoms with Gasteiger partial charge in [-0.15, -0.1) is 0 Å². The average molecular weight is 252 g/mol. The SMILES string of the molecule is O=C(O)CCN1CC(c2ccc(F)cc2)NC1=O. The van der Waals surface area contributed by atoms with Crippen LogP contribution in [-0.4, -0.2) is 35.1 Å². The molecule has 0 aromatic heterocycles. The number of amides is 2. The zero-order chi connectivity index (χ0) is 13.1. The number of carboxylic acids is 1. The second kappa shape index (κ2) is 5.03. The maximum absolute atomic E-state index is 12.8.